The Hall–Kier alpha value is -2.75. The van der Waals surface area contributed by atoms with Gasteiger partial charge in [0.25, 0.3) is 0 Å². The molecule has 24 heavy (non-hydrogen) atoms. The molecule has 1 aliphatic rings. The molecule has 1 aliphatic heterocycles. The lowest BCUT2D eigenvalue weighted by Gasteiger charge is -2.19. The van der Waals surface area contributed by atoms with Crippen LogP contribution in [0.25, 0.3) is 6.08 Å². The zero-order chi connectivity index (χ0) is 16.9. The monoisotopic (exact) mass is 323 g/mol. The maximum atomic E-state index is 12.5. The van der Waals surface area contributed by atoms with Crippen molar-refractivity contribution in [3.05, 3.63) is 65.2 Å². The second kappa shape index (κ2) is 7.21. The first-order valence-electron chi connectivity index (χ1n) is 8.08. The lowest BCUT2D eigenvalue weighted by molar-refractivity contribution is -0.126. The molecule has 0 spiro atoms. The zero-order valence-electron chi connectivity index (χ0n) is 14.0. The van der Waals surface area contributed by atoms with Crippen molar-refractivity contribution >= 4 is 12.0 Å². The third kappa shape index (κ3) is 3.77. The van der Waals surface area contributed by atoms with E-state index in [1.807, 2.05) is 56.3 Å². The Balaban J connectivity index is 1.68. The molecule has 4 nitrogen and oxygen atoms in total. The van der Waals surface area contributed by atoms with Crippen LogP contribution in [0, 0.1) is 6.92 Å². The van der Waals surface area contributed by atoms with E-state index in [1.54, 1.807) is 11.0 Å². The first-order chi connectivity index (χ1) is 11.7. The van der Waals surface area contributed by atoms with Crippen molar-refractivity contribution in [2.24, 2.45) is 0 Å². The molecule has 0 aliphatic carbocycles. The number of rotatable bonds is 5. The Morgan fingerprint density at radius 1 is 1.17 bits per heavy atom. The number of likely N-dealkylation sites (N-methyl/N-ethyl adjacent to an activating group) is 1. The molecule has 0 aromatic heterocycles. The second-order valence-electron chi connectivity index (χ2n) is 5.79. The maximum Gasteiger partial charge on any atom is 0.246 e. The minimum atomic E-state index is -0.00308. The minimum Gasteiger partial charge on any atom is -0.454 e. The van der Waals surface area contributed by atoms with Crippen LogP contribution < -0.4 is 9.47 Å². The minimum absolute atomic E-state index is 0.00308. The van der Waals surface area contributed by atoms with Gasteiger partial charge in [-0.25, -0.2) is 0 Å². The number of hydrogen-bond donors (Lipinski definition) is 0. The van der Waals surface area contributed by atoms with Crippen LogP contribution in [-0.4, -0.2) is 24.1 Å². The van der Waals surface area contributed by atoms with Gasteiger partial charge in [-0.05, 0) is 43.2 Å². The highest BCUT2D eigenvalue weighted by Crippen LogP contribution is 2.32. The summed E-state index contributed by atoms with van der Waals surface area (Å²) in [6, 6.07) is 13.9. The molecule has 2 aromatic rings. The van der Waals surface area contributed by atoms with Gasteiger partial charge >= 0.3 is 0 Å². The summed E-state index contributed by atoms with van der Waals surface area (Å²) in [5.74, 6) is 1.50. The van der Waals surface area contributed by atoms with Crippen molar-refractivity contribution in [3.63, 3.8) is 0 Å². The molecular formula is C20H21NO3. The number of fused-ring (bicyclic) bond motifs is 1. The normalized spacial score (nSPS) is 12.6. The molecule has 0 fully saturated rings. The smallest absolute Gasteiger partial charge is 0.246 e. The Kier molecular flexibility index (Phi) is 4.85. The largest absolute Gasteiger partial charge is 0.454 e. The Bertz CT molecular complexity index is 767. The second-order valence-corrected chi connectivity index (χ2v) is 5.79. The average molecular weight is 323 g/mol. The standard InChI is InChI=1S/C20H21NO3/c1-3-21(13-17-7-9-18-19(12-17)24-14-23-18)20(22)10-8-16-6-4-5-15(2)11-16/h4-12H,3,13-14H2,1-2H3/b10-8+. The van der Waals surface area contributed by atoms with Gasteiger partial charge in [-0.15, -0.1) is 0 Å². The van der Waals surface area contributed by atoms with Crippen LogP contribution in [0.2, 0.25) is 0 Å². The highest BCUT2D eigenvalue weighted by molar-refractivity contribution is 5.91. The van der Waals surface area contributed by atoms with Gasteiger partial charge < -0.3 is 14.4 Å². The van der Waals surface area contributed by atoms with E-state index in [2.05, 4.69) is 6.07 Å². The Morgan fingerprint density at radius 3 is 2.79 bits per heavy atom. The van der Waals surface area contributed by atoms with Crippen LogP contribution in [0.4, 0.5) is 0 Å². The van der Waals surface area contributed by atoms with Gasteiger partial charge in [-0.1, -0.05) is 35.9 Å². The number of nitrogens with zero attached hydrogens (tertiary/aromatic N) is 1. The van der Waals surface area contributed by atoms with E-state index in [0.717, 1.165) is 22.6 Å². The molecular weight excluding hydrogens is 302 g/mol. The summed E-state index contributed by atoms with van der Waals surface area (Å²) >= 11 is 0. The number of hydrogen-bond acceptors (Lipinski definition) is 3. The van der Waals surface area contributed by atoms with E-state index < -0.39 is 0 Å². The molecule has 0 saturated carbocycles. The lowest BCUT2D eigenvalue weighted by Crippen LogP contribution is -2.28. The number of benzene rings is 2. The quantitative estimate of drug-likeness (QED) is 0.786. The molecule has 2 aromatic carbocycles. The van der Waals surface area contributed by atoms with Gasteiger partial charge in [-0.2, -0.15) is 0 Å². The third-order valence-electron chi connectivity index (χ3n) is 3.96. The maximum absolute atomic E-state index is 12.5. The van der Waals surface area contributed by atoms with Gasteiger partial charge in [0.2, 0.25) is 12.7 Å². The molecule has 0 bridgehead atoms. The van der Waals surface area contributed by atoms with Gasteiger partial charge in [-0.3, -0.25) is 4.79 Å². The van der Waals surface area contributed by atoms with Gasteiger partial charge in [0, 0.05) is 19.2 Å². The van der Waals surface area contributed by atoms with E-state index >= 15 is 0 Å². The van der Waals surface area contributed by atoms with Gasteiger partial charge in [0.1, 0.15) is 0 Å². The number of aryl methyl sites for hydroxylation is 1. The van der Waals surface area contributed by atoms with Crippen LogP contribution in [0.5, 0.6) is 11.5 Å². The molecule has 0 radical (unpaired) electrons. The van der Waals surface area contributed by atoms with Crippen LogP contribution in [0.3, 0.4) is 0 Å². The first-order valence-corrected chi connectivity index (χ1v) is 8.08. The summed E-state index contributed by atoms with van der Waals surface area (Å²) in [5.41, 5.74) is 3.23. The molecule has 0 atom stereocenters. The zero-order valence-corrected chi connectivity index (χ0v) is 14.0. The van der Waals surface area contributed by atoms with Crippen molar-refractivity contribution in [3.8, 4) is 11.5 Å². The molecule has 1 amide bonds. The van der Waals surface area contributed by atoms with E-state index in [1.165, 1.54) is 5.56 Å². The average Bonchev–Trinajstić information content (AvgIpc) is 3.05. The van der Waals surface area contributed by atoms with E-state index in [-0.39, 0.29) is 12.7 Å². The molecule has 1 heterocycles. The Labute approximate surface area is 142 Å². The summed E-state index contributed by atoms with van der Waals surface area (Å²) < 4.78 is 10.7. The fourth-order valence-corrected chi connectivity index (χ4v) is 2.65. The highest BCUT2D eigenvalue weighted by atomic mass is 16.7. The predicted molar refractivity (Wildman–Crippen MR) is 93.9 cm³/mol. The molecule has 124 valence electrons. The van der Waals surface area contributed by atoms with Gasteiger partial charge in [0.05, 0.1) is 0 Å². The first kappa shape index (κ1) is 16.1. The molecule has 0 saturated heterocycles. The SMILES string of the molecule is CCN(Cc1ccc2c(c1)OCO2)C(=O)/C=C/c1cccc(C)c1. The molecule has 0 unspecified atom stereocenters. The lowest BCUT2D eigenvalue weighted by atomic mass is 10.1. The highest BCUT2D eigenvalue weighted by Gasteiger charge is 2.15. The van der Waals surface area contributed by atoms with Crippen molar-refractivity contribution in [2.75, 3.05) is 13.3 Å². The molecule has 3 rings (SSSR count). The van der Waals surface area contributed by atoms with E-state index in [9.17, 15) is 4.79 Å². The summed E-state index contributed by atoms with van der Waals surface area (Å²) in [6.07, 6.45) is 3.49. The summed E-state index contributed by atoms with van der Waals surface area (Å²) in [4.78, 5) is 14.2. The number of carbonyl (C=O) groups excluding carboxylic acids is 1. The van der Waals surface area contributed by atoms with Crippen LogP contribution in [-0.2, 0) is 11.3 Å². The third-order valence-corrected chi connectivity index (χ3v) is 3.96. The van der Waals surface area contributed by atoms with Crippen molar-refractivity contribution in [1.29, 1.82) is 0 Å². The van der Waals surface area contributed by atoms with Crippen molar-refractivity contribution in [1.82, 2.24) is 4.90 Å². The molecule has 0 N–H and O–H groups in total. The summed E-state index contributed by atoms with van der Waals surface area (Å²) in [5, 5.41) is 0. The molecule has 4 heteroatoms. The number of carbonyl (C=O) groups is 1. The van der Waals surface area contributed by atoms with Crippen molar-refractivity contribution < 1.29 is 14.3 Å². The number of amides is 1. The van der Waals surface area contributed by atoms with Crippen LogP contribution in [0.1, 0.15) is 23.6 Å². The predicted octanol–water partition coefficient (Wildman–Crippen LogP) is 3.79. The fraction of sp³-hybridized carbons (Fsp3) is 0.250. The van der Waals surface area contributed by atoms with Crippen LogP contribution in [0.15, 0.2) is 48.5 Å². The summed E-state index contributed by atoms with van der Waals surface area (Å²) in [6.45, 7) is 5.46. The Morgan fingerprint density at radius 2 is 2.00 bits per heavy atom. The van der Waals surface area contributed by atoms with E-state index in [4.69, 9.17) is 9.47 Å². The number of ether oxygens (including phenoxy) is 2. The summed E-state index contributed by atoms with van der Waals surface area (Å²) in [7, 11) is 0. The van der Waals surface area contributed by atoms with E-state index in [0.29, 0.717) is 13.1 Å². The van der Waals surface area contributed by atoms with Gasteiger partial charge in [0.15, 0.2) is 11.5 Å². The van der Waals surface area contributed by atoms with Crippen LogP contribution >= 0.6 is 0 Å². The fourth-order valence-electron chi connectivity index (χ4n) is 2.65. The topological polar surface area (TPSA) is 38.8 Å². The van der Waals surface area contributed by atoms with Crippen molar-refractivity contribution in [2.45, 2.75) is 20.4 Å².